The number of rotatable bonds is 6. The molecule has 0 aliphatic heterocycles. The quantitative estimate of drug-likeness (QED) is 0.512. The first kappa shape index (κ1) is 19.5. The molecule has 0 atom stereocenters. The van der Waals surface area contributed by atoms with Gasteiger partial charge in [-0.1, -0.05) is 29.4 Å². The van der Waals surface area contributed by atoms with Crippen molar-refractivity contribution in [2.24, 2.45) is 0 Å². The van der Waals surface area contributed by atoms with Crippen LogP contribution in [0.4, 0.5) is 5.82 Å². The predicted molar refractivity (Wildman–Crippen MR) is 112 cm³/mol. The Labute approximate surface area is 175 Å². The third kappa shape index (κ3) is 4.13. The fraction of sp³-hybridized carbons (Fsp3) is 0.150. The summed E-state index contributed by atoms with van der Waals surface area (Å²) in [6, 6.07) is 14.9. The minimum atomic E-state index is -0.464. The molecule has 9 nitrogen and oxygen atoms in total. The highest BCUT2D eigenvalue weighted by molar-refractivity contribution is 7.13. The lowest BCUT2D eigenvalue weighted by molar-refractivity contribution is -0.116. The number of carbonyl (C=O) groups excluding carboxylic acids is 2. The molecular weight excluding hydrogens is 404 g/mol. The van der Waals surface area contributed by atoms with Crippen molar-refractivity contribution in [1.29, 1.82) is 0 Å². The number of hydrogen-bond acceptors (Lipinski definition) is 7. The van der Waals surface area contributed by atoms with Crippen molar-refractivity contribution < 1.29 is 14.1 Å². The summed E-state index contributed by atoms with van der Waals surface area (Å²) in [4.78, 5) is 31.7. The molecule has 1 N–H and O–H groups in total. The molecule has 2 amide bonds. The zero-order chi connectivity index (χ0) is 21.1. The third-order valence-corrected chi connectivity index (χ3v) is 5.03. The summed E-state index contributed by atoms with van der Waals surface area (Å²) in [6.45, 7) is 1.54. The average Bonchev–Trinajstić information content (AvgIpc) is 3.48. The van der Waals surface area contributed by atoms with E-state index in [1.165, 1.54) is 23.3 Å². The van der Waals surface area contributed by atoms with E-state index in [2.05, 4.69) is 20.6 Å². The van der Waals surface area contributed by atoms with Crippen molar-refractivity contribution in [2.75, 3.05) is 18.9 Å². The van der Waals surface area contributed by atoms with Crippen LogP contribution >= 0.6 is 11.3 Å². The second-order valence-electron chi connectivity index (χ2n) is 6.52. The van der Waals surface area contributed by atoms with Crippen LogP contribution in [0.25, 0.3) is 16.4 Å². The summed E-state index contributed by atoms with van der Waals surface area (Å²) in [5.41, 5.74) is 0.786. The maximum atomic E-state index is 12.9. The molecule has 0 radical (unpaired) electrons. The number of carbonyl (C=O) groups is 2. The highest BCUT2D eigenvalue weighted by Gasteiger charge is 2.23. The van der Waals surface area contributed by atoms with Gasteiger partial charge >= 0.3 is 0 Å². The standard InChI is InChI=1S/C20H18N6O3S/c1-13-11-16(24-29-13)21-17(27)12-25(2)20(28)18-22-19(15-9-6-10-30-15)26(23-18)14-7-4-3-5-8-14/h3-11H,12H2,1-2H3,(H,21,24,27). The Bertz CT molecular complexity index is 1170. The Morgan fingerprint density at radius 2 is 2.00 bits per heavy atom. The Kier molecular flexibility index (Phi) is 5.40. The number of nitrogens with zero attached hydrogens (tertiary/aromatic N) is 5. The fourth-order valence-electron chi connectivity index (χ4n) is 2.78. The van der Waals surface area contributed by atoms with E-state index >= 15 is 0 Å². The molecule has 3 aromatic heterocycles. The van der Waals surface area contributed by atoms with E-state index in [-0.39, 0.29) is 12.4 Å². The molecule has 0 bridgehead atoms. The van der Waals surface area contributed by atoms with Crippen LogP contribution in [0.15, 0.2) is 58.4 Å². The maximum Gasteiger partial charge on any atom is 0.293 e. The molecule has 0 unspecified atom stereocenters. The molecule has 1 aromatic carbocycles. The van der Waals surface area contributed by atoms with Crippen LogP contribution in [-0.2, 0) is 4.79 Å². The SMILES string of the molecule is Cc1cc(NC(=O)CN(C)C(=O)c2nc(-c3cccs3)n(-c3ccccc3)n2)no1. The van der Waals surface area contributed by atoms with Gasteiger partial charge in [0, 0.05) is 13.1 Å². The highest BCUT2D eigenvalue weighted by Crippen LogP contribution is 2.25. The van der Waals surface area contributed by atoms with E-state index in [9.17, 15) is 9.59 Å². The van der Waals surface area contributed by atoms with Gasteiger partial charge in [0.1, 0.15) is 12.3 Å². The van der Waals surface area contributed by atoms with Crippen molar-refractivity contribution in [1.82, 2.24) is 24.8 Å². The Balaban J connectivity index is 1.55. The number of para-hydroxylation sites is 1. The van der Waals surface area contributed by atoms with E-state index in [0.29, 0.717) is 17.4 Å². The number of aromatic nitrogens is 4. The van der Waals surface area contributed by atoms with Crippen molar-refractivity contribution in [3.05, 3.63) is 65.5 Å². The summed E-state index contributed by atoms with van der Waals surface area (Å²) >= 11 is 1.50. The molecule has 152 valence electrons. The van der Waals surface area contributed by atoms with E-state index < -0.39 is 11.8 Å². The lowest BCUT2D eigenvalue weighted by Gasteiger charge is -2.14. The molecule has 4 aromatic rings. The highest BCUT2D eigenvalue weighted by atomic mass is 32.1. The second kappa shape index (κ2) is 8.29. The number of amides is 2. The molecule has 3 heterocycles. The summed E-state index contributed by atoms with van der Waals surface area (Å²) < 4.78 is 6.54. The molecule has 0 saturated carbocycles. The van der Waals surface area contributed by atoms with Crippen LogP contribution in [0.5, 0.6) is 0 Å². The Morgan fingerprint density at radius 3 is 2.67 bits per heavy atom. The van der Waals surface area contributed by atoms with Crippen LogP contribution < -0.4 is 5.32 Å². The number of anilines is 1. The van der Waals surface area contributed by atoms with Crippen LogP contribution in [0.2, 0.25) is 0 Å². The van der Waals surface area contributed by atoms with Gasteiger partial charge in [0.25, 0.3) is 5.91 Å². The lowest BCUT2D eigenvalue weighted by atomic mass is 10.3. The van der Waals surface area contributed by atoms with Gasteiger partial charge in [-0.3, -0.25) is 9.59 Å². The van der Waals surface area contributed by atoms with E-state index in [1.807, 2.05) is 47.8 Å². The van der Waals surface area contributed by atoms with Crippen LogP contribution in [0, 0.1) is 6.92 Å². The van der Waals surface area contributed by atoms with E-state index in [0.717, 1.165) is 10.6 Å². The first-order valence-electron chi connectivity index (χ1n) is 9.06. The zero-order valence-electron chi connectivity index (χ0n) is 16.3. The molecule has 0 aliphatic carbocycles. The predicted octanol–water partition coefficient (Wildman–Crippen LogP) is 3.00. The molecule has 4 rings (SSSR count). The number of aryl methyl sites for hydroxylation is 1. The minimum Gasteiger partial charge on any atom is -0.360 e. The molecule has 30 heavy (non-hydrogen) atoms. The van der Waals surface area contributed by atoms with Crippen LogP contribution in [0.1, 0.15) is 16.4 Å². The molecule has 0 saturated heterocycles. The van der Waals surface area contributed by atoms with Crippen LogP contribution in [0.3, 0.4) is 0 Å². The molecule has 0 spiro atoms. The van der Waals surface area contributed by atoms with Gasteiger partial charge in [0.15, 0.2) is 11.6 Å². The van der Waals surface area contributed by atoms with Gasteiger partial charge in [-0.25, -0.2) is 9.67 Å². The Hall–Kier alpha value is -3.79. The molecule has 10 heteroatoms. The van der Waals surface area contributed by atoms with Gasteiger partial charge in [-0.05, 0) is 30.5 Å². The molecule has 0 aliphatic rings. The number of likely N-dealkylation sites (N-methyl/N-ethyl adjacent to an activating group) is 1. The monoisotopic (exact) mass is 422 g/mol. The summed E-state index contributed by atoms with van der Waals surface area (Å²) in [5, 5.41) is 12.6. The number of thiophene rings is 1. The molecular formula is C20H18N6O3S. The van der Waals surface area contributed by atoms with Crippen molar-refractivity contribution in [3.8, 4) is 16.4 Å². The van der Waals surface area contributed by atoms with Gasteiger partial charge in [0.2, 0.25) is 11.7 Å². The van der Waals surface area contributed by atoms with E-state index in [1.54, 1.807) is 17.7 Å². The maximum absolute atomic E-state index is 12.9. The Morgan fingerprint density at radius 1 is 1.20 bits per heavy atom. The molecule has 0 fully saturated rings. The largest absolute Gasteiger partial charge is 0.360 e. The topological polar surface area (TPSA) is 106 Å². The first-order chi connectivity index (χ1) is 14.5. The van der Waals surface area contributed by atoms with Crippen molar-refractivity contribution in [3.63, 3.8) is 0 Å². The summed E-state index contributed by atoms with van der Waals surface area (Å²) in [5.74, 6) is 0.579. The third-order valence-electron chi connectivity index (χ3n) is 4.16. The summed E-state index contributed by atoms with van der Waals surface area (Å²) in [6.07, 6.45) is 0. The number of benzene rings is 1. The summed E-state index contributed by atoms with van der Waals surface area (Å²) in [7, 11) is 1.52. The van der Waals surface area contributed by atoms with Gasteiger partial charge < -0.3 is 14.7 Å². The number of nitrogens with one attached hydrogen (secondary N) is 1. The van der Waals surface area contributed by atoms with Crippen molar-refractivity contribution >= 4 is 29.0 Å². The lowest BCUT2D eigenvalue weighted by Crippen LogP contribution is -2.35. The second-order valence-corrected chi connectivity index (χ2v) is 7.46. The van der Waals surface area contributed by atoms with Gasteiger partial charge in [-0.15, -0.1) is 16.4 Å². The first-order valence-corrected chi connectivity index (χ1v) is 9.94. The van der Waals surface area contributed by atoms with Gasteiger partial charge in [-0.2, -0.15) is 0 Å². The average molecular weight is 422 g/mol. The van der Waals surface area contributed by atoms with Gasteiger partial charge in [0.05, 0.1) is 10.6 Å². The fourth-order valence-corrected chi connectivity index (χ4v) is 3.48. The van der Waals surface area contributed by atoms with E-state index in [4.69, 9.17) is 4.52 Å². The minimum absolute atomic E-state index is 0.00911. The van der Waals surface area contributed by atoms with Crippen molar-refractivity contribution in [2.45, 2.75) is 6.92 Å². The normalized spacial score (nSPS) is 10.7. The smallest absolute Gasteiger partial charge is 0.293 e. The zero-order valence-corrected chi connectivity index (χ0v) is 17.1. The number of hydrogen-bond donors (Lipinski definition) is 1. The van der Waals surface area contributed by atoms with Crippen LogP contribution in [-0.4, -0.2) is 50.2 Å².